The number of fused-ring (bicyclic) bond motifs is 3. The van der Waals surface area contributed by atoms with Gasteiger partial charge in [0.1, 0.15) is 12.1 Å². The first-order chi connectivity index (χ1) is 16.5. The third-order valence-corrected chi connectivity index (χ3v) is 7.23. The lowest BCUT2D eigenvalue weighted by molar-refractivity contribution is -0.148. The number of carbonyl (C=O) groups is 3. The Morgan fingerprint density at radius 1 is 1.00 bits per heavy atom. The molecule has 8 heteroatoms. The van der Waals surface area contributed by atoms with Crippen LogP contribution in [0, 0.1) is 0 Å². The second kappa shape index (κ2) is 9.10. The maximum atomic E-state index is 13.2. The van der Waals surface area contributed by atoms with Crippen molar-refractivity contribution in [1.29, 1.82) is 0 Å². The minimum atomic E-state index is -1.10. The van der Waals surface area contributed by atoms with E-state index in [1.165, 1.54) is 0 Å². The van der Waals surface area contributed by atoms with Gasteiger partial charge in [0.15, 0.2) is 6.10 Å². The van der Waals surface area contributed by atoms with Gasteiger partial charge >= 0.3 is 12.1 Å². The van der Waals surface area contributed by atoms with Crippen molar-refractivity contribution >= 4 is 18.0 Å². The molecule has 2 amide bonds. The van der Waals surface area contributed by atoms with Crippen molar-refractivity contribution in [3.05, 3.63) is 59.7 Å². The zero-order chi connectivity index (χ0) is 23.7. The Labute approximate surface area is 197 Å². The monoisotopic (exact) mass is 464 g/mol. The predicted octanol–water partition coefficient (Wildman–Crippen LogP) is 3.20. The molecule has 2 aliphatic carbocycles. The molecular formula is C26H28N2O6. The number of hydrogen-bond acceptors (Lipinski definition) is 5. The van der Waals surface area contributed by atoms with Crippen molar-refractivity contribution < 1.29 is 29.0 Å². The molecule has 3 aliphatic rings. The molecule has 5 rings (SSSR count). The highest BCUT2D eigenvalue weighted by atomic mass is 16.5. The highest BCUT2D eigenvalue weighted by molar-refractivity contribution is 5.91. The molecule has 1 saturated carbocycles. The summed E-state index contributed by atoms with van der Waals surface area (Å²) in [6.45, 7) is 0.434. The van der Waals surface area contributed by atoms with E-state index in [-0.39, 0.29) is 25.0 Å². The lowest BCUT2D eigenvalue weighted by Gasteiger charge is -2.30. The van der Waals surface area contributed by atoms with E-state index in [2.05, 4.69) is 34.9 Å². The summed E-state index contributed by atoms with van der Waals surface area (Å²) in [7, 11) is 0. The molecule has 2 aromatic carbocycles. The van der Waals surface area contributed by atoms with E-state index < -0.39 is 29.7 Å². The van der Waals surface area contributed by atoms with Gasteiger partial charge in [-0.05, 0) is 41.5 Å². The number of nitrogens with one attached hydrogen (secondary N) is 2. The Morgan fingerprint density at radius 2 is 1.62 bits per heavy atom. The lowest BCUT2D eigenvalue weighted by Crippen LogP contribution is -2.60. The Morgan fingerprint density at radius 3 is 2.24 bits per heavy atom. The van der Waals surface area contributed by atoms with Gasteiger partial charge in [-0.25, -0.2) is 9.59 Å². The summed E-state index contributed by atoms with van der Waals surface area (Å²) < 4.78 is 10.9. The van der Waals surface area contributed by atoms with Crippen LogP contribution in [0.5, 0.6) is 0 Å². The van der Waals surface area contributed by atoms with Gasteiger partial charge in [-0.15, -0.1) is 0 Å². The van der Waals surface area contributed by atoms with Gasteiger partial charge < -0.3 is 25.2 Å². The summed E-state index contributed by atoms with van der Waals surface area (Å²) in [5.74, 6) is -1.55. The number of ether oxygens (including phenoxy) is 2. The molecule has 8 nitrogen and oxygen atoms in total. The Kier molecular flexibility index (Phi) is 6.00. The smallest absolute Gasteiger partial charge is 0.408 e. The number of carboxylic acids is 1. The van der Waals surface area contributed by atoms with Crippen molar-refractivity contribution in [2.24, 2.45) is 0 Å². The van der Waals surface area contributed by atoms with Crippen LogP contribution in [0.1, 0.15) is 49.1 Å². The molecule has 0 bridgehead atoms. The fourth-order valence-electron chi connectivity index (χ4n) is 5.50. The summed E-state index contributed by atoms with van der Waals surface area (Å²) in [5, 5.41) is 14.9. The van der Waals surface area contributed by atoms with Crippen LogP contribution in [-0.2, 0) is 19.1 Å². The lowest BCUT2D eigenvalue weighted by atomic mass is 9.95. The summed E-state index contributed by atoms with van der Waals surface area (Å²) in [4.78, 5) is 37.4. The van der Waals surface area contributed by atoms with Crippen LogP contribution in [0.4, 0.5) is 4.79 Å². The van der Waals surface area contributed by atoms with Gasteiger partial charge in [0.25, 0.3) is 0 Å². The number of rotatable bonds is 6. The summed E-state index contributed by atoms with van der Waals surface area (Å²) in [5.41, 5.74) is 3.42. The van der Waals surface area contributed by atoms with Crippen molar-refractivity contribution in [2.45, 2.75) is 55.7 Å². The third kappa shape index (κ3) is 4.03. The zero-order valence-corrected chi connectivity index (χ0v) is 18.8. The number of hydrogen-bond donors (Lipinski definition) is 3. The Hall–Kier alpha value is -3.39. The largest absolute Gasteiger partial charge is 0.479 e. The molecule has 3 N–H and O–H groups in total. The van der Waals surface area contributed by atoms with E-state index in [4.69, 9.17) is 9.47 Å². The Bertz CT molecular complexity index is 1060. The molecule has 178 valence electrons. The molecular weight excluding hydrogens is 436 g/mol. The van der Waals surface area contributed by atoms with E-state index in [0.717, 1.165) is 35.1 Å². The average molecular weight is 465 g/mol. The first-order valence-corrected chi connectivity index (χ1v) is 11.8. The molecule has 2 atom stereocenters. The van der Waals surface area contributed by atoms with Crippen molar-refractivity contribution in [2.75, 3.05) is 13.2 Å². The summed E-state index contributed by atoms with van der Waals surface area (Å²) >= 11 is 0. The van der Waals surface area contributed by atoms with Gasteiger partial charge in [0.2, 0.25) is 5.91 Å². The van der Waals surface area contributed by atoms with E-state index in [1.54, 1.807) is 0 Å². The number of amides is 2. The average Bonchev–Trinajstić information content (AvgIpc) is 3.56. The van der Waals surface area contributed by atoms with Crippen molar-refractivity contribution in [1.82, 2.24) is 10.6 Å². The van der Waals surface area contributed by atoms with Crippen LogP contribution in [0.2, 0.25) is 0 Å². The number of carboxylic acid groups (broad SMARTS) is 1. The van der Waals surface area contributed by atoms with E-state index in [0.29, 0.717) is 19.3 Å². The normalized spacial score (nSPS) is 22.6. The molecule has 1 saturated heterocycles. The minimum absolute atomic E-state index is 0.0709. The molecule has 0 spiro atoms. The summed E-state index contributed by atoms with van der Waals surface area (Å²) in [6, 6.07) is 15.6. The number of benzene rings is 2. The first kappa shape index (κ1) is 22.4. The summed E-state index contributed by atoms with van der Waals surface area (Å²) in [6.07, 6.45) is 1.25. The fourth-order valence-corrected chi connectivity index (χ4v) is 5.50. The molecule has 2 unspecified atom stereocenters. The van der Waals surface area contributed by atoms with E-state index >= 15 is 0 Å². The fraction of sp³-hybridized carbons (Fsp3) is 0.423. The molecule has 2 fully saturated rings. The second-order valence-electron chi connectivity index (χ2n) is 9.24. The zero-order valence-electron chi connectivity index (χ0n) is 18.8. The molecule has 1 heterocycles. The van der Waals surface area contributed by atoms with Gasteiger partial charge in [-0.1, -0.05) is 61.4 Å². The molecule has 34 heavy (non-hydrogen) atoms. The molecule has 0 radical (unpaired) electrons. The number of carbonyl (C=O) groups excluding carboxylic acids is 2. The molecule has 2 aromatic rings. The molecule has 1 aliphatic heterocycles. The standard InChI is InChI=1S/C26H28N2O6/c29-23(30)22-21(11-14-33-22)27-24(31)26(12-5-6-13-26)28-25(32)34-15-20-18-9-3-1-7-16(18)17-8-2-4-10-19(17)20/h1-4,7-10,20-22H,5-6,11-15H2,(H,27,31)(H,28,32)(H,29,30). The van der Waals surface area contributed by atoms with Crippen LogP contribution in [-0.4, -0.2) is 54.0 Å². The van der Waals surface area contributed by atoms with Gasteiger partial charge in [-0.3, -0.25) is 4.79 Å². The predicted molar refractivity (Wildman–Crippen MR) is 123 cm³/mol. The van der Waals surface area contributed by atoms with Crippen LogP contribution >= 0.6 is 0 Å². The first-order valence-electron chi connectivity index (χ1n) is 11.8. The van der Waals surface area contributed by atoms with Crippen molar-refractivity contribution in [3.8, 4) is 11.1 Å². The van der Waals surface area contributed by atoms with Gasteiger partial charge in [0, 0.05) is 12.5 Å². The highest BCUT2D eigenvalue weighted by Crippen LogP contribution is 2.44. The van der Waals surface area contributed by atoms with Gasteiger partial charge in [0.05, 0.1) is 6.04 Å². The van der Waals surface area contributed by atoms with Crippen LogP contribution in [0.25, 0.3) is 11.1 Å². The van der Waals surface area contributed by atoms with Crippen LogP contribution in [0.3, 0.4) is 0 Å². The maximum Gasteiger partial charge on any atom is 0.408 e. The number of alkyl carbamates (subject to hydrolysis) is 1. The topological polar surface area (TPSA) is 114 Å². The quantitative estimate of drug-likeness (QED) is 0.605. The van der Waals surface area contributed by atoms with Gasteiger partial charge in [-0.2, -0.15) is 0 Å². The van der Waals surface area contributed by atoms with Crippen molar-refractivity contribution in [3.63, 3.8) is 0 Å². The van der Waals surface area contributed by atoms with Crippen LogP contribution < -0.4 is 10.6 Å². The SMILES string of the molecule is O=C(NC1(C(=O)NC2CCOC2C(=O)O)CCCC1)OCC1c2ccccc2-c2ccccc21. The van der Waals surface area contributed by atoms with Crippen LogP contribution in [0.15, 0.2) is 48.5 Å². The maximum absolute atomic E-state index is 13.2. The third-order valence-electron chi connectivity index (χ3n) is 7.23. The van der Waals surface area contributed by atoms with E-state index in [9.17, 15) is 19.5 Å². The molecule has 0 aromatic heterocycles. The minimum Gasteiger partial charge on any atom is -0.479 e. The number of aliphatic carboxylic acids is 1. The highest BCUT2D eigenvalue weighted by Gasteiger charge is 2.46. The van der Waals surface area contributed by atoms with E-state index in [1.807, 2.05) is 24.3 Å². The second-order valence-corrected chi connectivity index (χ2v) is 9.24. The Balaban J connectivity index is 1.26.